The lowest BCUT2D eigenvalue weighted by molar-refractivity contribution is -0.655. The molecule has 3 aromatic carbocycles. The first-order chi connectivity index (χ1) is 10.9. The smallest absolute Gasteiger partial charge is 0.220 e. The molecule has 114 valence electrons. The van der Waals surface area contributed by atoms with Gasteiger partial charge in [-0.25, -0.2) is 0 Å². The lowest BCUT2D eigenvalue weighted by Crippen LogP contribution is -3.00. The van der Waals surface area contributed by atoms with Crippen molar-refractivity contribution in [2.45, 2.75) is 13.5 Å². The summed E-state index contributed by atoms with van der Waals surface area (Å²) in [7, 11) is 0. The maximum atomic E-state index is 2.42. The van der Waals surface area contributed by atoms with Gasteiger partial charge in [0.25, 0.3) is 0 Å². The van der Waals surface area contributed by atoms with Crippen LogP contribution in [0.1, 0.15) is 6.92 Å². The number of halogens is 1. The van der Waals surface area contributed by atoms with E-state index >= 15 is 0 Å². The van der Waals surface area contributed by atoms with Gasteiger partial charge in [0.2, 0.25) is 11.2 Å². The number of hydrogen-bond donors (Lipinski definition) is 0. The zero-order chi connectivity index (χ0) is 14.9. The number of nitrogens with zero attached hydrogens (tertiary/aromatic N) is 1. The predicted molar refractivity (Wildman–Crippen MR) is 92.8 cm³/mol. The fourth-order valence-electron chi connectivity index (χ4n) is 3.36. The van der Waals surface area contributed by atoms with Crippen molar-refractivity contribution in [1.29, 1.82) is 0 Å². The van der Waals surface area contributed by atoms with Crippen molar-refractivity contribution in [2.75, 3.05) is 0 Å². The van der Waals surface area contributed by atoms with Crippen LogP contribution in [0.3, 0.4) is 0 Å². The van der Waals surface area contributed by atoms with Crippen LogP contribution in [-0.4, -0.2) is 0 Å². The first kappa shape index (κ1) is 15.5. The second kappa shape index (κ2) is 6.39. The number of benzene rings is 3. The number of para-hydroxylation sites is 1. The third-order valence-electron chi connectivity index (χ3n) is 4.30. The Kier molecular flexibility index (Phi) is 4.31. The molecule has 0 radical (unpaired) electrons. The first-order valence-electron chi connectivity index (χ1n) is 7.79. The van der Waals surface area contributed by atoms with E-state index in [4.69, 9.17) is 0 Å². The highest BCUT2D eigenvalue weighted by atomic mass is 35.5. The van der Waals surface area contributed by atoms with Crippen molar-refractivity contribution < 1.29 is 17.0 Å². The Bertz CT molecular complexity index is 961. The van der Waals surface area contributed by atoms with Gasteiger partial charge in [0.15, 0.2) is 0 Å². The molecule has 1 nitrogen and oxygen atoms in total. The van der Waals surface area contributed by atoms with Gasteiger partial charge in [-0.2, -0.15) is 4.57 Å². The van der Waals surface area contributed by atoms with Gasteiger partial charge in [0.1, 0.15) is 6.54 Å². The highest BCUT2D eigenvalue weighted by molar-refractivity contribution is 6.08. The van der Waals surface area contributed by atoms with Crippen LogP contribution in [0.4, 0.5) is 0 Å². The summed E-state index contributed by atoms with van der Waals surface area (Å²) in [6.07, 6.45) is 0. The van der Waals surface area contributed by atoms with Crippen LogP contribution in [0.25, 0.3) is 32.9 Å². The Morgan fingerprint density at radius 3 is 1.91 bits per heavy atom. The minimum Gasteiger partial charge on any atom is -1.00 e. The molecule has 0 N–H and O–H groups in total. The van der Waals surface area contributed by atoms with E-state index < -0.39 is 0 Å². The highest BCUT2D eigenvalue weighted by Gasteiger charge is 2.21. The monoisotopic (exact) mass is 319 g/mol. The highest BCUT2D eigenvalue weighted by Crippen LogP contribution is 2.30. The largest absolute Gasteiger partial charge is 1.00 e. The topological polar surface area (TPSA) is 3.88 Å². The van der Waals surface area contributed by atoms with Gasteiger partial charge in [0.05, 0.1) is 10.8 Å². The maximum absolute atomic E-state index is 2.42. The number of fused-ring (bicyclic) bond motifs is 3. The molecule has 23 heavy (non-hydrogen) atoms. The van der Waals surface area contributed by atoms with Crippen LogP contribution < -0.4 is 17.0 Å². The second-order valence-electron chi connectivity index (χ2n) is 5.52. The van der Waals surface area contributed by atoms with E-state index in [1.165, 1.54) is 32.9 Å². The molecule has 1 heterocycles. The van der Waals surface area contributed by atoms with E-state index in [1.807, 2.05) is 0 Å². The van der Waals surface area contributed by atoms with Crippen LogP contribution in [-0.2, 0) is 6.54 Å². The molecule has 0 aliphatic rings. The van der Waals surface area contributed by atoms with Gasteiger partial charge in [-0.1, -0.05) is 48.5 Å². The molecule has 0 amide bonds. The standard InChI is InChI=1S/C21H18N.ClH/c1-2-22-20-15-9-8-13-18(20)17-12-6-7-14-19(17)21(22)16-10-4-3-5-11-16;/h3-15H,2H2,1H3;1H/q+1;/p-1. The van der Waals surface area contributed by atoms with E-state index in [0.717, 1.165) is 6.54 Å². The maximum Gasteiger partial charge on any atom is 0.220 e. The summed E-state index contributed by atoms with van der Waals surface area (Å²) in [5.74, 6) is 0. The summed E-state index contributed by atoms with van der Waals surface area (Å²) >= 11 is 0. The van der Waals surface area contributed by atoms with Crippen molar-refractivity contribution in [3.63, 3.8) is 0 Å². The van der Waals surface area contributed by atoms with E-state index in [1.54, 1.807) is 0 Å². The van der Waals surface area contributed by atoms with Crippen molar-refractivity contribution in [3.8, 4) is 11.3 Å². The molecule has 0 atom stereocenters. The number of aryl methyl sites for hydroxylation is 1. The predicted octanol–water partition coefficient (Wildman–Crippen LogP) is 1.97. The van der Waals surface area contributed by atoms with Crippen molar-refractivity contribution in [2.24, 2.45) is 0 Å². The number of aromatic nitrogens is 1. The number of hydrogen-bond acceptors (Lipinski definition) is 0. The van der Waals surface area contributed by atoms with Gasteiger partial charge < -0.3 is 12.4 Å². The second-order valence-corrected chi connectivity index (χ2v) is 5.52. The van der Waals surface area contributed by atoms with Crippen LogP contribution in [0.5, 0.6) is 0 Å². The summed E-state index contributed by atoms with van der Waals surface area (Å²) in [6.45, 7) is 3.17. The Balaban J connectivity index is 0.00000156. The molecule has 0 bridgehead atoms. The van der Waals surface area contributed by atoms with E-state index in [-0.39, 0.29) is 12.4 Å². The lowest BCUT2D eigenvalue weighted by atomic mass is 9.99. The minimum absolute atomic E-state index is 0. The van der Waals surface area contributed by atoms with Gasteiger partial charge in [-0.3, -0.25) is 0 Å². The molecule has 2 heteroatoms. The van der Waals surface area contributed by atoms with Crippen molar-refractivity contribution in [1.82, 2.24) is 0 Å². The van der Waals surface area contributed by atoms with Crippen LogP contribution in [0.2, 0.25) is 0 Å². The van der Waals surface area contributed by atoms with Crippen LogP contribution in [0.15, 0.2) is 78.9 Å². The van der Waals surface area contributed by atoms with Gasteiger partial charge in [-0.05, 0) is 31.2 Å². The Morgan fingerprint density at radius 1 is 0.652 bits per heavy atom. The van der Waals surface area contributed by atoms with Crippen molar-refractivity contribution in [3.05, 3.63) is 78.9 Å². The zero-order valence-electron chi connectivity index (χ0n) is 13.0. The van der Waals surface area contributed by atoms with Gasteiger partial charge >= 0.3 is 0 Å². The molecule has 0 aliphatic heterocycles. The normalized spacial score (nSPS) is 10.7. The van der Waals surface area contributed by atoms with Gasteiger partial charge in [-0.15, -0.1) is 0 Å². The van der Waals surface area contributed by atoms with E-state index in [0.29, 0.717) is 0 Å². The molecular weight excluding hydrogens is 302 g/mol. The fourth-order valence-corrected chi connectivity index (χ4v) is 3.36. The average Bonchev–Trinajstić information content (AvgIpc) is 2.61. The first-order valence-corrected chi connectivity index (χ1v) is 7.79. The third kappa shape index (κ3) is 2.47. The molecule has 0 spiro atoms. The molecule has 1 aromatic heterocycles. The summed E-state index contributed by atoms with van der Waals surface area (Å²) in [4.78, 5) is 0. The summed E-state index contributed by atoms with van der Waals surface area (Å²) in [6, 6.07) is 28.1. The SMILES string of the molecule is CC[n+]1c(-c2ccccc2)c2ccccc2c2ccccc21.[Cl-]. The molecule has 4 aromatic rings. The summed E-state index contributed by atoms with van der Waals surface area (Å²) in [5, 5.41) is 3.95. The van der Waals surface area contributed by atoms with Gasteiger partial charge in [0, 0.05) is 17.0 Å². The fraction of sp³-hybridized carbons (Fsp3) is 0.0952. The Labute approximate surface area is 142 Å². The molecule has 0 unspecified atom stereocenters. The quantitative estimate of drug-likeness (QED) is 0.393. The Hall–Kier alpha value is -2.38. The minimum atomic E-state index is 0. The number of rotatable bonds is 2. The zero-order valence-corrected chi connectivity index (χ0v) is 13.8. The third-order valence-corrected chi connectivity index (χ3v) is 4.30. The van der Waals surface area contributed by atoms with Crippen LogP contribution in [0, 0.1) is 0 Å². The van der Waals surface area contributed by atoms with Crippen molar-refractivity contribution >= 4 is 21.7 Å². The van der Waals surface area contributed by atoms with Crippen LogP contribution >= 0.6 is 0 Å². The van der Waals surface area contributed by atoms with E-state index in [9.17, 15) is 0 Å². The van der Waals surface area contributed by atoms with E-state index in [2.05, 4.69) is 90.4 Å². The average molecular weight is 320 g/mol. The molecular formula is C21H18ClN. The lowest BCUT2D eigenvalue weighted by Gasteiger charge is -2.10. The summed E-state index contributed by atoms with van der Waals surface area (Å²) < 4.78 is 2.42. The molecule has 0 fully saturated rings. The number of pyridine rings is 1. The molecule has 4 rings (SSSR count). The molecule has 0 saturated carbocycles. The molecule has 0 aliphatic carbocycles. The molecule has 0 saturated heterocycles. The Morgan fingerprint density at radius 2 is 1.22 bits per heavy atom. The summed E-state index contributed by atoms with van der Waals surface area (Å²) in [5.41, 5.74) is 3.87.